The average Bonchev–Trinajstić information content (AvgIpc) is 3.27. The van der Waals surface area contributed by atoms with Crippen molar-refractivity contribution in [3.05, 3.63) is 53.4 Å². The molecule has 0 bridgehead atoms. The minimum atomic E-state index is -0.232. The van der Waals surface area contributed by atoms with E-state index in [4.69, 9.17) is 17.2 Å². The minimum absolute atomic E-state index is 0.232. The third-order valence-corrected chi connectivity index (χ3v) is 6.08. The molecule has 0 aliphatic heterocycles. The summed E-state index contributed by atoms with van der Waals surface area (Å²) in [5.74, 6) is -0.232. The van der Waals surface area contributed by atoms with Crippen molar-refractivity contribution in [1.82, 2.24) is 21.2 Å². The summed E-state index contributed by atoms with van der Waals surface area (Å²) >= 11 is 6.94. The molecule has 1 saturated carbocycles. The number of thiophene rings is 1. The number of carbonyl (C=O) groups excluding carboxylic acids is 1. The van der Waals surface area contributed by atoms with Crippen LogP contribution in [-0.2, 0) is 0 Å². The van der Waals surface area contributed by atoms with Crippen molar-refractivity contribution in [2.45, 2.75) is 38.1 Å². The van der Waals surface area contributed by atoms with E-state index in [0.29, 0.717) is 16.7 Å². The fourth-order valence-electron chi connectivity index (χ4n) is 3.56. The Hall–Kier alpha value is -2.51. The highest BCUT2D eigenvalue weighted by Gasteiger charge is 2.16. The maximum atomic E-state index is 12.9. The van der Waals surface area contributed by atoms with E-state index in [9.17, 15) is 4.79 Å². The number of rotatable bonds is 3. The first kappa shape index (κ1) is 18.8. The van der Waals surface area contributed by atoms with Gasteiger partial charge in [0.2, 0.25) is 0 Å². The van der Waals surface area contributed by atoms with E-state index in [-0.39, 0.29) is 5.91 Å². The van der Waals surface area contributed by atoms with E-state index in [2.05, 4.69) is 16.2 Å². The van der Waals surface area contributed by atoms with Crippen molar-refractivity contribution in [2.24, 2.45) is 0 Å². The first-order valence-corrected chi connectivity index (χ1v) is 10.8. The highest BCUT2D eigenvalue weighted by atomic mass is 32.1. The van der Waals surface area contributed by atoms with Gasteiger partial charge in [0.05, 0.1) is 21.7 Å². The second kappa shape index (κ2) is 8.67. The van der Waals surface area contributed by atoms with Gasteiger partial charge in [-0.3, -0.25) is 15.6 Å². The third-order valence-electron chi connectivity index (χ3n) is 4.96. The standard InChI is InChI=1S/C21H22N4OS2/c26-20(24-25-21(27)22-14-7-2-1-3-8-14)16-13-18(19-11-6-12-28-19)23-17-10-5-4-9-15(16)17/h4-6,9-14H,1-3,7-8H2,(H,24,26)(H2,22,25,27). The van der Waals surface area contributed by atoms with Gasteiger partial charge < -0.3 is 5.32 Å². The predicted molar refractivity (Wildman–Crippen MR) is 118 cm³/mol. The molecule has 0 spiro atoms. The van der Waals surface area contributed by atoms with Gasteiger partial charge >= 0.3 is 0 Å². The van der Waals surface area contributed by atoms with E-state index in [0.717, 1.165) is 34.3 Å². The van der Waals surface area contributed by atoms with Crippen LogP contribution in [0.2, 0.25) is 0 Å². The monoisotopic (exact) mass is 410 g/mol. The molecule has 1 aliphatic carbocycles. The molecule has 2 heterocycles. The van der Waals surface area contributed by atoms with Gasteiger partial charge in [0, 0.05) is 11.4 Å². The molecule has 5 nitrogen and oxygen atoms in total. The van der Waals surface area contributed by atoms with Crippen molar-refractivity contribution in [3.8, 4) is 10.6 Å². The number of carbonyl (C=O) groups is 1. The van der Waals surface area contributed by atoms with Crippen molar-refractivity contribution in [1.29, 1.82) is 0 Å². The van der Waals surface area contributed by atoms with E-state index in [1.807, 2.05) is 47.8 Å². The Morgan fingerprint density at radius 2 is 1.89 bits per heavy atom. The molecule has 7 heteroatoms. The molecular formula is C21H22N4OS2. The van der Waals surface area contributed by atoms with Gasteiger partial charge in [0.15, 0.2) is 5.11 Å². The van der Waals surface area contributed by atoms with Crippen LogP contribution in [0.25, 0.3) is 21.5 Å². The number of hydrazine groups is 1. The lowest BCUT2D eigenvalue weighted by Crippen LogP contribution is -2.50. The summed E-state index contributed by atoms with van der Waals surface area (Å²) in [5, 5.41) is 6.56. The maximum Gasteiger partial charge on any atom is 0.270 e. The number of para-hydroxylation sites is 1. The third kappa shape index (κ3) is 4.31. The fraction of sp³-hybridized carbons (Fsp3) is 0.286. The fourth-order valence-corrected chi connectivity index (χ4v) is 4.47. The van der Waals surface area contributed by atoms with Crippen LogP contribution >= 0.6 is 23.6 Å². The predicted octanol–water partition coefficient (Wildman–Crippen LogP) is 4.40. The highest BCUT2D eigenvalue weighted by molar-refractivity contribution is 7.80. The van der Waals surface area contributed by atoms with Gasteiger partial charge in [-0.1, -0.05) is 43.5 Å². The van der Waals surface area contributed by atoms with Crippen LogP contribution in [-0.4, -0.2) is 22.0 Å². The van der Waals surface area contributed by atoms with E-state index in [1.165, 1.54) is 19.3 Å². The van der Waals surface area contributed by atoms with Crippen LogP contribution in [0, 0.1) is 0 Å². The van der Waals surface area contributed by atoms with Crippen molar-refractivity contribution in [2.75, 3.05) is 0 Å². The van der Waals surface area contributed by atoms with Crippen LogP contribution in [0.1, 0.15) is 42.5 Å². The zero-order valence-electron chi connectivity index (χ0n) is 15.4. The molecule has 1 aromatic carbocycles. The zero-order chi connectivity index (χ0) is 19.3. The Morgan fingerprint density at radius 3 is 2.68 bits per heavy atom. The van der Waals surface area contributed by atoms with Gasteiger partial charge in [0.1, 0.15) is 0 Å². The maximum absolute atomic E-state index is 12.9. The summed E-state index contributed by atoms with van der Waals surface area (Å²) in [6, 6.07) is 13.9. The molecular weight excluding hydrogens is 388 g/mol. The van der Waals surface area contributed by atoms with Crippen LogP contribution < -0.4 is 16.2 Å². The van der Waals surface area contributed by atoms with Gasteiger partial charge in [-0.2, -0.15) is 0 Å². The molecule has 0 saturated heterocycles. The number of nitrogens with zero attached hydrogens (tertiary/aromatic N) is 1. The summed E-state index contributed by atoms with van der Waals surface area (Å²) in [5.41, 5.74) is 7.74. The first-order chi connectivity index (χ1) is 13.7. The first-order valence-electron chi connectivity index (χ1n) is 9.51. The summed E-state index contributed by atoms with van der Waals surface area (Å²) < 4.78 is 0. The van der Waals surface area contributed by atoms with Crippen LogP contribution in [0.3, 0.4) is 0 Å². The van der Waals surface area contributed by atoms with Crippen LogP contribution in [0.15, 0.2) is 47.8 Å². The number of benzene rings is 1. The topological polar surface area (TPSA) is 66.1 Å². The Kier molecular flexibility index (Phi) is 5.83. The number of thiocarbonyl (C=S) groups is 1. The van der Waals surface area contributed by atoms with Crippen molar-refractivity contribution < 1.29 is 4.79 Å². The zero-order valence-corrected chi connectivity index (χ0v) is 17.0. The Bertz CT molecular complexity index is 981. The Balaban J connectivity index is 1.51. The normalized spacial score (nSPS) is 14.6. The second-order valence-corrected chi connectivity index (χ2v) is 8.29. The number of fused-ring (bicyclic) bond motifs is 1. The quantitative estimate of drug-likeness (QED) is 0.441. The van der Waals surface area contributed by atoms with Crippen LogP contribution in [0.4, 0.5) is 0 Å². The smallest absolute Gasteiger partial charge is 0.270 e. The van der Waals surface area contributed by atoms with Gasteiger partial charge in [-0.25, -0.2) is 4.98 Å². The molecule has 0 unspecified atom stereocenters. The number of hydrogen-bond acceptors (Lipinski definition) is 4. The van der Waals surface area contributed by atoms with Gasteiger partial charge in [-0.15, -0.1) is 11.3 Å². The van der Waals surface area contributed by atoms with Crippen molar-refractivity contribution >= 4 is 45.5 Å². The molecule has 1 amide bonds. The number of pyridine rings is 1. The van der Waals surface area contributed by atoms with E-state index in [1.54, 1.807) is 11.3 Å². The lowest BCUT2D eigenvalue weighted by atomic mass is 9.96. The van der Waals surface area contributed by atoms with E-state index < -0.39 is 0 Å². The molecule has 1 fully saturated rings. The van der Waals surface area contributed by atoms with E-state index >= 15 is 0 Å². The molecule has 0 radical (unpaired) electrons. The number of hydrogen-bond donors (Lipinski definition) is 3. The largest absolute Gasteiger partial charge is 0.359 e. The molecule has 0 atom stereocenters. The van der Waals surface area contributed by atoms with Gasteiger partial charge in [-0.05, 0) is 48.6 Å². The molecule has 28 heavy (non-hydrogen) atoms. The van der Waals surface area contributed by atoms with Crippen molar-refractivity contribution in [3.63, 3.8) is 0 Å². The number of aromatic nitrogens is 1. The minimum Gasteiger partial charge on any atom is -0.359 e. The highest BCUT2D eigenvalue weighted by Crippen LogP contribution is 2.27. The Labute approximate surface area is 173 Å². The SMILES string of the molecule is O=C(NNC(=S)NC1CCCCC1)c1cc(-c2cccs2)nc2ccccc12. The molecule has 2 aromatic heterocycles. The summed E-state index contributed by atoms with van der Waals surface area (Å²) in [6.45, 7) is 0. The summed E-state index contributed by atoms with van der Waals surface area (Å²) in [4.78, 5) is 18.6. The van der Waals surface area contributed by atoms with Crippen LogP contribution in [0.5, 0.6) is 0 Å². The number of nitrogens with one attached hydrogen (secondary N) is 3. The molecule has 144 valence electrons. The lowest BCUT2D eigenvalue weighted by molar-refractivity contribution is 0.0945. The summed E-state index contributed by atoms with van der Waals surface area (Å²) in [6.07, 6.45) is 5.98. The molecule has 3 aromatic rings. The average molecular weight is 411 g/mol. The second-order valence-electron chi connectivity index (χ2n) is 6.94. The summed E-state index contributed by atoms with van der Waals surface area (Å²) in [7, 11) is 0. The lowest BCUT2D eigenvalue weighted by Gasteiger charge is -2.24. The molecule has 3 N–H and O–H groups in total. The Morgan fingerprint density at radius 1 is 1.07 bits per heavy atom. The molecule has 1 aliphatic rings. The molecule has 4 rings (SSSR count). The number of amides is 1. The van der Waals surface area contributed by atoms with Gasteiger partial charge in [0.25, 0.3) is 5.91 Å².